The van der Waals surface area contributed by atoms with Crippen molar-refractivity contribution in [3.8, 4) is 0 Å². The van der Waals surface area contributed by atoms with E-state index in [1.807, 2.05) is 85.4 Å². The molecule has 0 bridgehead atoms. The lowest BCUT2D eigenvalue weighted by molar-refractivity contribution is 0.0674. The molecule has 0 radical (unpaired) electrons. The number of aromatic amines is 7. The van der Waals surface area contributed by atoms with Gasteiger partial charge in [-0.3, -0.25) is 47.7 Å². The van der Waals surface area contributed by atoms with Gasteiger partial charge in [0, 0.05) is 126 Å². The predicted molar refractivity (Wildman–Crippen MR) is 423 cm³/mol. The highest BCUT2D eigenvalue weighted by atomic mass is 16.2. The minimum absolute atomic E-state index is 0.0128. The molecule has 0 aliphatic heterocycles. The summed E-state index contributed by atoms with van der Waals surface area (Å²) in [5.74, 6) is 5.72. The van der Waals surface area contributed by atoms with Crippen molar-refractivity contribution in [2.75, 3.05) is 6.54 Å². The number of H-pyrrole nitrogens is 7. The van der Waals surface area contributed by atoms with Crippen LogP contribution >= 0.6 is 0 Å². The Morgan fingerprint density at radius 2 is 0.905 bits per heavy atom. The van der Waals surface area contributed by atoms with Crippen LogP contribution in [0.4, 0.5) is 0 Å². The molecule has 6 fully saturated rings. The lowest BCUT2D eigenvalue weighted by Gasteiger charge is -2.32. The number of rotatable bonds is 21. The van der Waals surface area contributed by atoms with E-state index >= 15 is 0 Å². The summed E-state index contributed by atoms with van der Waals surface area (Å²) in [6.07, 6.45) is 35.7. The number of carbonyl (C=O) groups is 2. The monoisotopic (exact) mass is 1410 g/mol. The van der Waals surface area contributed by atoms with Gasteiger partial charge >= 0.3 is 0 Å². The number of benzene rings is 6. The lowest BCUT2D eigenvalue weighted by atomic mass is 9.85. The molecule has 0 unspecified atom stereocenters. The van der Waals surface area contributed by atoms with Crippen LogP contribution in [0.5, 0.6) is 0 Å². The zero-order valence-corrected chi connectivity index (χ0v) is 60.5. The number of amides is 1. The highest BCUT2D eigenvalue weighted by molar-refractivity contribution is 5.97. The molecular formula is C84H103N19O2. The number of hydrogen-bond donors (Lipinski definition) is 13. The zero-order valence-electron chi connectivity index (χ0n) is 60.5. The number of fused-ring (bicyclic) bond motifs is 6. The predicted octanol–water partition coefficient (Wildman–Crippen LogP) is 17.6. The Kier molecular flexibility index (Phi) is 26.2. The van der Waals surface area contributed by atoms with Crippen molar-refractivity contribution < 1.29 is 9.59 Å². The number of aromatic nitrogens is 8. The molecule has 6 aromatic carbocycles. The van der Waals surface area contributed by atoms with Crippen molar-refractivity contribution in [3.63, 3.8) is 0 Å². The molecule has 14 N–H and O–H groups in total. The van der Waals surface area contributed by atoms with Crippen molar-refractivity contribution in [1.82, 2.24) is 72.1 Å². The molecule has 546 valence electrons. The standard InChI is InChI=1S/C19H22N4O.2C13H17N3.2C13H15N3.C9H7NO.C4H10N2/c1-13-10-18(22-21-13)19(24)23(11-14-4-2-5-14)12-15-6-3-7-17-16(15)8-9-20-17;4*1-3-10-7-8-14-13(10)11(4-1)9-15-16-12-5-2-6-12;11-6-7-2-1-3-9-8(7)4-5-10-9;5-6-4-2-1-3-4/h3,6-10,14,20H,2,4-5,11-12H2,1H3,(H,21,22);2*1,3-4,7-8,12,14-16H,2,5-6,9H2;2*1,3-4,7-8,12,14H,2,5-6,9H2;1-6,10H;4,6H,1-3,5H2. The molecule has 0 atom stereocenters. The van der Waals surface area contributed by atoms with Crippen LogP contribution in [-0.2, 0) is 32.7 Å². The van der Waals surface area contributed by atoms with E-state index in [0.717, 1.165) is 53.6 Å². The lowest BCUT2D eigenvalue weighted by Crippen LogP contribution is -2.44. The molecule has 105 heavy (non-hydrogen) atoms. The van der Waals surface area contributed by atoms with Crippen LogP contribution in [0.15, 0.2) is 209 Å². The molecule has 6 aliphatic carbocycles. The number of aryl methyl sites for hydroxylation is 1. The maximum absolute atomic E-state index is 12.9. The van der Waals surface area contributed by atoms with Gasteiger partial charge in [0.2, 0.25) is 0 Å². The molecular weight excluding hydrogens is 1310 g/mol. The summed E-state index contributed by atoms with van der Waals surface area (Å²) in [5.41, 5.74) is 31.5. The quantitative estimate of drug-likeness (QED) is 0.0141. The fraction of sp³-hybridized carbons (Fsp3) is 0.369. The first-order chi connectivity index (χ1) is 51.8. The number of nitrogens with one attached hydrogen (secondary N) is 12. The molecule has 6 saturated carbocycles. The van der Waals surface area contributed by atoms with E-state index in [0.29, 0.717) is 61.5 Å². The van der Waals surface area contributed by atoms with Crippen LogP contribution in [0.25, 0.3) is 65.4 Å². The maximum atomic E-state index is 12.9. The highest BCUT2D eigenvalue weighted by Gasteiger charge is 2.27. The number of azo groups is 2. The molecule has 0 spiro atoms. The second-order valence-electron chi connectivity index (χ2n) is 28.7. The largest absolute Gasteiger partial charge is 0.361 e. The third kappa shape index (κ3) is 20.0. The fourth-order valence-electron chi connectivity index (χ4n) is 13.5. The number of para-hydroxylation sites is 4. The van der Waals surface area contributed by atoms with E-state index in [1.54, 1.807) is 0 Å². The number of nitrogens with two attached hydrogens (primary N) is 1. The number of hydrogen-bond acceptors (Lipinski definition) is 13. The molecule has 13 aromatic rings. The van der Waals surface area contributed by atoms with Crippen LogP contribution in [-0.4, -0.2) is 93.9 Å². The van der Waals surface area contributed by atoms with E-state index in [1.165, 1.54) is 192 Å². The van der Waals surface area contributed by atoms with E-state index in [-0.39, 0.29) is 5.91 Å². The van der Waals surface area contributed by atoms with E-state index < -0.39 is 0 Å². The van der Waals surface area contributed by atoms with Crippen LogP contribution in [0, 0.1) is 12.8 Å². The Morgan fingerprint density at radius 1 is 0.486 bits per heavy atom. The smallest absolute Gasteiger partial charge is 0.274 e. The van der Waals surface area contributed by atoms with E-state index in [2.05, 4.69) is 203 Å². The molecule has 21 heteroatoms. The van der Waals surface area contributed by atoms with Crippen LogP contribution in [0.1, 0.15) is 170 Å². The number of carbonyl (C=O) groups excluding carboxylic acids is 2. The van der Waals surface area contributed by atoms with Gasteiger partial charge < -0.3 is 34.8 Å². The molecule has 0 saturated heterocycles. The third-order valence-electron chi connectivity index (χ3n) is 21.3. The van der Waals surface area contributed by atoms with Gasteiger partial charge in [-0.05, 0) is 207 Å². The minimum atomic E-state index is 0.0128. The average molecular weight is 1410 g/mol. The van der Waals surface area contributed by atoms with Gasteiger partial charge in [0.05, 0.1) is 36.2 Å². The van der Waals surface area contributed by atoms with Crippen molar-refractivity contribution in [2.24, 2.45) is 32.2 Å². The van der Waals surface area contributed by atoms with Crippen LogP contribution in [0.3, 0.4) is 0 Å². The van der Waals surface area contributed by atoms with Crippen molar-refractivity contribution in [2.45, 2.75) is 185 Å². The zero-order chi connectivity index (χ0) is 71.8. The minimum Gasteiger partial charge on any atom is -0.361 e. The molecule has 6 aliphatic rings. The van der Waals surface area contributed by atoms with E-state index in [9.17, 15) is 9.59 Å². The van der Waals surface area contributed by atoms with Gasteiger partial charge in [0.25, 0.3) is 5.91 Å². The Bertz CT molecular complexity index is 4680. The van der Waals surface area contributed by atoms with Gasteiger partial charge in [-0.25, -0.2) is 0 Å². The van der Waals surface area contributed by atoms with Crippen LogP contribution < -0.4 is 33.0 Å². The number of nitrogens with zero attached hydrogens (tertiary/aromatic N) is 6. The van der Waals surface area contributed by atoms with Gasteiger partial charge in [-0.15, -0.1) is 0 Å². The Balaban J connectivity index is 0.000000111. The summed E-state index contributed by atoms with van der Waals surface area (Å²) in [4.78, 5) is 44.8. The van der Waals surface area contributed by atoms with Crippen molar-refractivity contribution in [3.05, 3.63) is 234 Å². The van der Waals surface area contributed by atoms with Gasteiger partial charge in [0.15, 0.2) is 6.29 Å². The first kappa shape index (κ1) is 73.2. The average Bonchev–Trinajstić information content (AvgIpc) is 1.40. The van der Waals surface area contributed by atoms with E-state index in [4.69, 9.17) is 5.84 Å². The summed E-state index contributed by atoms with van der Waals surface area (Å²) in [7, 11) is 0. The summed E-state index contributed by atoms with van der Waals surface area (Å²) in [6, 6.07) is 54.4. The molecule has 21 nitrogen and oxygen atoms in total. The summed E-state index contributed by atoms with van der Waals surface area (Å²) >= 11 is 0. The third-order valence-corrected chi connectivity index (χ3v) is 21.3. The van der Waals surface area contributed by atoms with Gasteiger partial charge in [-0.1, -0.05) is 123 Å². The number of hydrazine groups is 3. The fourth-order valence-corrected chi connectivity index (χ4v) is 13.5. The molecule has 19 rings (SSSR count). The van der Waals surface area contributed by atoms with Crippen molar-refractivity contribution >= 4 is 77.6 Å². The highest BCUT2D eigenvalue weighted by Crippen LogP contribution is 2.31. The SMILES string of the molecule is Cc1cc(C(=O)N(Cc2cccc3[nH]ccc23)CC2CCC2)n[nH]1.NNC1CCC1.O=Cc1cccc2[nH]ccc12.c1cc(CN=NC2CCC2)c2[nH]ccc2c1.c1cc(CN=NC2CCC2)c2[nH]ccc2c1.c1cc(CNNC2CCC2)c2[nH]ccc2c1.c1cc(CNNC2CCC2)c2[nH]ccc2c1. The normalized spacial score (nSPS) is 16.0. The molecule has 7 heterocycles. The maximum Gasteiger partial charge on any atom is 0.274 e. The van der Waals surface area contributed by atoms with Crippen molar-refractivity contribution in [1.29, 1.82) is 0 Å². The first-order valence-electron chi connectivity index (χ1n) is 38.0. The van der Waals surface area contributed by atoms with Crippen LogP contribution in [0.2, 0.25) is 0 Å². The summed E-state index contributed by atoms with van der Waals surface area (Å²) in [6.45, 7) is 6.47. The molecule has 1 amide bonds. The second kappa shape index (κ2) is 37.5. The summed E-state index contributed by atoms with van der Waals surface area (Å²) < 4.78 is 0. The Labute approximate surface area is 614 Å². The Morgan fingerprint density at radius 3 is 1.31 bits per heavy atom. The molecule has 7 aromatic heterocycles. The second-order valence-corrected chi connectivity index (χ2v) is 28.7. The Hall–Kier alpha value is -10.1. The summed E-state index contributed by atoms with van der Waals surface area (Å²) in [5, 5.41) is 31.5. The number of aldehydes is 1. The van der Waals surface area contributed by atoms with Gasteiger partial charge in [0.1, 0.15) is 5.69 Å². The first-order valence-corrected chi connectivity index (χ1v) is 38.0. The topological polar surface area (TPSA) is 296 Å². The van der Waals surface area contributed by atoms with Gasteiger partial charge in [-0.2, -0.15) is 25.6 Å².